The summed E-state index contributed by atoms with van der Waals surface area (Å²) in [4.78, 5) is 27.8. The molecule has 1 aliphatic heterocycles. The van der Waals surface area contributed by atoms with Gasteiger partial charge in [-0.15, -0.1) is 0 Å². The van der Waals surface area contributed by atoms with E-state index in [4.69, 9.17) is 0 Å². The molecule has 4 aromatic rings. The third-order valence-electron chi connectivity index (χ3n) is 6.50. The zero-order valence-corrected chi connectivity index (χ0v) is 20.7. The average molecular weight is 525 g/mol. The van der Waals surface area contributed by atoms with Crippen molar-refractivity contribution in [1.82, 2.24) is 5.32 Å². The first-order valence-corrected chi connectivity index (χ1v) is 12.6. The van der Waals surface area contributed by atoms with Gasteiger partial charge < -0.3 is 10.2 Å². The monoisotopic (exact) mass is 524 g/mol. The number of nitrogens with one attached hydrogen (secondary N) is 1. The zero-order valence-electron chi connectivity index (χ0n) is 19.1. The summed E-state index contributed by atoms with van der Waals surface area (Å²) in [6, 6.07) is 37.2. The van der Waals surface area contributed by atoms with Crippen LogP contribution in [0.4, 0.5) is 5.69 Å². The van der Waals surface area contributed by atoms with Crippen molar-refractivity contribution in [2.75, 3.05) is 11.4 Å². The average Bonchev–Trinajstić information content (AvgIpc) is 3.26. The molecule has 0 bridgehead atoms. The van der Waals surface area contributed by atoms with E-state index in [0.29, 0.717) is 12.1 Å². The van der Waals surface area contributed by atoms with Crippen LogP contribution in [0.3, 0.4) is 0 Å². The van der Waals surface area contributed by atoms with Crippen LogP contribution in [0, 0.1) is 0 Å². The van der Waals surface area contributed by atoms with E-state index in [9.17, 15) is 9.59 Å². The SMILES string of the molecule is O=C(NC(c1ccccc1)(c1ccccc1)c1ccc(N2CCC(Br)C2=O)cc1)c1ccccc1. The van der Waals surface area contributed by atoms with Crippen LogP contribution in [0.25, 0.3) is 0 Å². The first-order chi connectivity index (χ1) is 17.1. The molecule has 0 radical (unpaired) electrons. The van der Waals surface area contributed by atoms with Crippen molar-refractivity contribution in [2.24, 2.45) is 0 Å². The fourth-order valence-corrected chi connectivity index (χ4v) is 5.17. The number of carbonyl (C=O) groups is 2. The van der Waals surface area contributed by atoms with Gasteiger partial charge in [0.1, 0.15) is 5.54 Å². The lowest BCUT2D eigenvalue weighted by Crippen LogP contribution is -2.47. The van der Waals surface area contributed by atoms with Crippen LogP contribution in [0.15, 0.2) is 115 Å². The van der Waals surface area contributed by atoms with Gasteiger partial charge in [-0.1, -0.05) is 107 Å². The normalized spacial score (nSPS) is 15.7. The van der Waals surface area contributed by atoms with Gasteiger partial charge in [0, 0.05) is 17.8 Å². The van der Waals surface area contributed by atoms with Crippen LogP contribution >= 0.6 is 15.9 Å². The number of benzene rings is 4. The fourth-order valence-electron chi connectivity index (χ4n) is 4.72. The number of amides is 2. The molecule has 0 spiro atoms. The number of carbonyl (C=O) groups excluding carboxylic acids is 2. The molecule has 35 heavy (non-hydrogen) atoms. The number of alkyl halides is 1. The molecule has 4 aromatic carbocycles. The lowest BCUT2D eigenvalue weighted by Gasteiger charge is -2.37. The van der Waals surface area contributed by atoms with Crippen molar-refractivity contribution in [2.45, 2.75) is 16.8 Å². The van der Waals surface area contributed by atoms with Crippen LogP contribution in [0.1, 0.15) is 33.5 Å². The summed E-state index contributed by atoms with van der Waals surface area (Å²) in [5.41, 5.74) is 3.31. The Kier molecular flexibility index (Phi) is 6.51. The number of anilines is 1. The van der Waals surface area contributed by atoms with Crippen LogP contribution in [-0.4, -0.2) is 23.2 Å². The number of hydrogen-bond donors (Lipinski definition) is 1. The zero-order chi connectivity index (χ0) is 24.3. The molecule has 5 heteroatoms. The molecule has 2 amide bonds. The first kappa shape index (κ1) is 23.1. The van der Waals surface area contributed by atoms with E-state index in [-0.39, 0.29) is 16.6 Å². The maximum Gasteiger partial charge on any atom is 0.252 e. The quantitative estimate of drug-likeness (QED) is 0.252. The van der Waals surface area contributed by atoms with Crippen molar-refractivity contribution in [1.29, 1.82) is 0 Å². The van der Waals surface area contributed by atoms with Crippen molar-refractivity contribution in [3.63, 3.8) is 0 Å². The van der Waals surface area contributed by atoms with Gasteiger partial charge in [0.15, 0.2) is 0 Å². The van der Waals surface area contributed by atoms with Gasteiger partial charge in [-0.3, -0.25) is 9.59 Å². The van der Waals surface area contributed by atoms with Gasteiger partial charge >= 0.3 is 0 Å². The second kappa shape index (κ2) is 9.88. The molecular formula is C30H25BrN2O2. The van der Waals surface area contributed by atoms with E-state index >= 15 is 0 Å². The van der Waals surface area contributed by atoms with E-state index in [1.165, 1.54) is 0 Å². The third-order valence-corrected chi connectivity index (χ3v) is 7.35. The van der Waals surface area contributed by atoms with Gasteiger partial charge in [0.2, 0.25) is 5.91 Å². The number of hydrogen-bond acceptors (Lipinski definition) is 2. The summed E-state index contributed by atoms with van der Waals surface area (Å²) in [7, 11) is 0. The smallest absolute Gasteiger partial charge is 0.252 e. The van der Waals surface area contributed by atoms with Crippen molar-refractivity contribution >= 4 is 33.4 Å². The highest BCUT2D eigenvalue weighted by molar-refractivity contribution is 9.10. The van der Waals surface area contributed by atoms with E-state index in [1.54, 1.807) is 4.90 Å². The van der Waals surface area contributed by atoms with Crippen LogP contribution in [0.5, 0.6) is 0 Å². The molecular weight excluding hydrogens is 500 g/mol. The highest BCUT2D eigenvalue weighted by atomic mass is 79.9. The molecule has 4 nitrogen and oxygen atoms in total. The lowest BCUT2D eigenvalue weighted by molar-refractivity contribution is -0.116. The molecule has 1 N–H and O–H groups in total. The Morgan fingerprint density at radius 3 is 1.71 bits per heavy atom. The Hall–Kier alpha value is -3.70. The summed E-state index contributed by atoms with van der Waals surface area (Å²) >= 11 is 3.46. The summed E-state index contributed by atoms with van der Waals surface area (Å²) in [5, 5.41) is 3.37. The molecule has 1 fully saturated rings. The summed E-state index contributed by atoms with van der Waals surface area (Å²) in [6.45, 7) is 0.682. The van der Waals surface area contributed by atoms with Crippen molar-refractivity contribution in [3.05, 3.63) is 138 Å². The van der Waals surface area contributed by atoms with E-state index in [2.05, 4.69) is 21.2 Å². The predicted octanol–water partition coefficient (Wildman–Crippen LogP) is 5.91. The number of nitrogens with zero attached hydrogens (tertiary/aromatic N) is 1. The molecule has 0 saturated carbocycles. The number of halogens is 1. The molecule has 174 valence electrons. The summed E-state index contributed by atoms with van der Waals surface area (Å²) < 4.78 is 0. The van der Waals surface area contributed by atoms with Crippen LogP contribution in [0.2, 0.25) is 0 Å². The Morgan fingerprint density at radius 1 is 0.743 bits per heavy atom. The summed E-state index contributed by atoms with van der Waals surface area (Å²) in [6.07, 6.45) is 0.783. The molecule has 1 saturated heterocycles. The maximum atomic E-state index is 13.6. The Balaban J connectivity index is 1.65. The van der Waals surface area contributed by atoms with E-state index in [0.717, 1.165) is 28.8 Å². The summed E-state index contributed by atoms with van der Waals surface area (Å²) in [5.74, 6) is -0.0910. The molecule has 0 aromatic heterocycles. The standard InChI is InChI=1S/C30H25BrN2O2/c31-27-20-21-33(29(27)35)26-18-16-25(17-19-26)30(23-12-6-2-7-13-23,24-14-8-3-9-15-24)32-28(34)22-10-4-1-5-11-22/h1-19,27H,20-21H2,(H,32,34). The molecule has 1 atom stereocenters. The second-order valence-corrected chi connectivity index (χ2v) is 9.70. The van der Waals surface area contributed by atoms with Gasteiger partial charge in [0.25, 0.3) is 5.91 Å². The first-order valence-electron chi connectivity index (χ1n) is 11.6. The molecule has 5 rings (SSSR count). The molecule has 1 aliphatic rings. The topological polar surface area (TPSA) is 49.4 Å². The van der Waals surface area contributed by atoms with Crippen LogP contribution < -0.4 is 10.2 Å². The largest absolute Gasteiger partial charge is 0.334 e. The van der Waals surface area contributed by atoms with Gasteiger partial charge in [0.05, 0.1) is 4.83 Å². The third kappa shape index (κ3) is 4.40. The van der Waals surface area contributed by atoms with Gasteiger partial charge in [-0.05, 0) is 47.4 Å². The highest BCUT2D eigenvalue weighted by Crippen LogP contribution is 2.38. The fraction of sp³-hybridized carbons (Fsp3) is 0.133. The van der Waals surface area contributed by atoms with Gasteiger partial charge in [-0.25, -0.2) is 0 Å². The maximum absolute atomic E-state index is 13.6. The Morgan fingerprint density at radius 2 is 1.23 bits per heavy atom. The van der Waals surface area contributed by atoms with Crippen molar-refractivity contribution in [3.8, 4) is 0 Å². The molecule has 1 unspecified atom stereocenters. The lowest BCUT2D eigenvalue weighted by atomic mass is 9.76. The number of rotatable bonds is 6. The Labute approximate surface area is 213 Å². The van der Waals surface area contributed by atoms with Crippen molar-refractivity contribution < 1.29 is 9.59 Å². The minimum absolute atomic E-state index is 0.0764. The minimum Gasteiger partial charge on any atom is -0.334 e. The molecule has 0 aliphatic carbocycles. The van der Waals surface area contributed by atoms with Crippen LogP contribution in [-0.2, 0) is 10.3 Å². The van der Waals surface area contributed by atoms with E-state index in [1.807, 2.05) is 115 Å². The predicted molar refractivity (Wildman–Crippen MR) is 143 cm³/mol. The minimum atomic E-state index is -0.930. The second-order valence-electron chi connectivity index (χ2n) is 8.60. The van der Waals surface area contributed by atoms with Gasteiger partial charge in [-0.2, -0.15) is 0 Å². The Bertz CT molecular complexity index is 1270. The van der Waals surface area contributed by atoms with E-state index < -0.39 is 5.54 Å². The molecule has 1 heterocycles. The highest BCUT2D eigenvalue weighted by Gasteiger charge is 2.38.